The quantitative estimate of drug-likeness (QED) is 0.489. The summed E-state index contributed by atoms with van der Waals surface area (Å²) >= 11 is 0. The maximum absolute atomic E-state index is 10.3. The van der Waals surface area contributed by atoms with Gasteiger partial charge in [-0.3, -0.25) is 5.32 Å². The van der Waals surface area contributed by atoms with E-state index in [0.717, 1.165) is 54.9 Å². The molecule has 4 unspecified atom stereocenters. The Kier molecular flexibility index (Phi) is 5.61. The van der Waals surface area contributed by atoms with Crippen molar-refractivity contribution in [3.05, 3.63) is 0 Å². The number of fused-ring (bicyclic) bond motifs is 7. The monoisotopic (exact) mass is 451 g/mol. The SMILES string of the molecule is CC1CC[C@]2(NC1)O[C@H]1CC3[C@@H]4CCC5C[C@@H](O)CC[C@]5(C)C4CC[C@]3(C)[C@H]1[C@@H]2C.Cl. The molecular weight excluding hydrogens is 406 g/mol. The first-order chi connectivity index (χ1) is 14.3. The number of halogens is 1. The maximum atomic E-state index is 10.3. The molecule has 0 bridgehead atoms. The molecule has 12 atom stereocenters. The van der Waals surface area contributed by atoms with E-state index in [-0.39, 0.29) is 24.2 Å². The molecule has 2 heterocycles. The van der Waals surface area contributed by atoms with Gasteiger partial charge in [0.25, 0.3) is 0 Å². The van der Waals surface area contributed by atoms with E-state index < -0.39 is 0 Å². The van der Waals surface area contributed by atoms with Crippen LogP contribution in [-0.2, 0) is 4.74 Å². The van der Waals surface area contributed by atoms with Crippen molar-refractivity contribution >= 4 is 12.4 Å². The first kappa shape index (κ1) is 22.9. The van der Waals surface area contributed by atoms with Gasteiger partial charge in [0, 0.05) is 12.5 Å². The molecule has 0 aromatic rings. The van der Waals surface area contributed by atoms with Crippen LogP contribution in [0.5, 0.6) is 0 Å². The Balaban J connectivity index is 0.00000204. The maximum Gasteiger partial charge on any atom is 0.122 e. The van der Waals surface area contributed by atoms with Crippen LogP contribution in [0.15, 0.2) is 0 Å². The summed E-state index contributed by atoms with van der Waals surface area (Å²) in [7, 11) is 0. The lowest BCUT2D eigenvalue weighted by Gasteiger charge is -2.61. The highest BCUT2D eigenvalue weighted by molar-refractivity contribution is 5.85. The van der Waals surface area contributed by atoms with Gasteiger partial charge < -0.3 is 9.84 Å². The average Bonchev–Trinajstić information content (AvgIpc) is 3.16. The van der Waals surface area contributed by atoms with Crippen molar-refractivity contribution in [2.45, 2.75) is 110 Å². The van der Waals surface area contributed by atoms with Gasteiger partial charge >= 0.3 is 0 Å². The summed E-state index contributed by atoms with van der Waals surface area (Å²) in [5.41, 5.74) is 0.919. The van der Waals surface area contributed by atoms with Gasteiger partial charge in [-0.1, -0.05) is 27.7 Å². The summed E-state index contributed by atoms with van der Waals surface area (Å²) in [6, 6.07) is 0. The fourth-order valence-electron chi connectivity index (χ4n) is 10.4. The van der Waals surface area contributed by atoms with E-state index in [9.17, 15) is 5.11 Å². The molecule has 0 aromatic heterocycles. The van der Waals surface area contributed by atoms with E-state index in [2.05, 4.69) is 33.0 Å². The highest BCUT2D eigenvalue weighted by Crippen LogP contribution is 2.71. The van der Waals surface area contributed by atoms with Gasteiger partial charge in [0.1, 0.15) is 5.72 Å². The number of aliphatic hydroxyl groups is 1. The van der Waals surface area contributed by atoms with E-state index in [1.54, 1.807) is 0 Å². The second-order valence-corrected chi connectivity index (χ2v) is 13.3. The first-order valence-corrected chi connectivity index (χ1v) is 13.4. The van der Waals surface area contributed by atoms with Crippen molar-refractivity contribution in [1.82, 2.24) is 5.32 Å². The van der Waals surface area contributed by atoms with Crippen LogP contribution >= 0.6 is 12.4 Å². The molecular formula is C27H46ClNO2. The zero-order valence-corrected chi connectivity index (χ0v) is 21.1. The van der Waals surface area contributed by atoms with E-state index in [0.29, 0.717) is 22.9 Å². The number of nitrogens with one attached hydrogen (secondary N) is 1. The zero-order chi connectivity index (χ0) is 20.9. The molecule has 2 saturated heterocycles. The zero-order valence-electron chi connectivity index (χ0n) is 20.2. The average molecular weight is 452 g/mol. The Hall–Kier alpha value is 0.170. The Morgan fingerprint density at radius 3 is 2.39 bits per heavy atom. The van der Waals surface area contributed by atoms with Crippen molar-refractivity contribution in [2.24, 2.45) is 52.3 Å². The van der Waals surface area contributed by atoms with Crippen LogP contribution in [0.2, 0.25) is 0 Å². The van der Waals surface area contributed by atoms with Crippen LogP contribution in [0.25, 0.3) is 0 Å². The number of hydrogen-bond acceptors (Lipinski definition) is 3. The second-order valence-electron chi connectivity index (χ2n) is 13.3. The number of hydrogen-bond donors (Lipinski definition) is 2. The third-order valence-electron chi connectivity index (χ3n) is 12.1. The summed E-state index contributed by atoms with van der Waals surface area (Å²) in [6.07, 6.45) is 13.2. The Morgan fingerprint density at radius 1 is 0.871 bits per heavy atom. The molecule has 4 heteroatoms. The van der Waals surface area contributed by atoms with Crippen LogP contribution in [0.3, 0.4) is 0 Å². The lowest BCUT2D eigenvalue weighted by Crippen LogP contribution is -2.57. The van der Waals surface area contributed by atoms with Gasteiger partial charge in [-0.2, -0.15) is 0 Å². The molecule has 1 spiro atoms. The molecule has 6 aliphatic rings. The van der Waals surface area contributed by atoms with Gasteiger partial charge in [0.15, 0.2) is 0 Å². The van der Waals surface area contributed by atoms with Gasteiger partial charge in [-0.25, -0.2) is 0 Å². The van der Waals surface area contributed by atoms with Crippen LogP contribution in [-0.4, -0.2) is 29.6 Å². The van der Waals surface area contributed by atoms with Gasteiger partial charge in [-0.15, -0.1) is 12.4 Å². The third kappa shape index (κ3) is 3.08. The molecule has 2 aliphatic heterocycles. The van der Waals surface area contributed by atoms with E-state index in [4.69, 9.17) is 4.74 Å². The Morgan fingerprint density at radius 2 is 1.65 bits per heavy atom. The number of ether oxygens (including phenoxy) is 1. The predicted octanol–water partition coefficient (Wildman–Crippen LogP) is 5.79. The smallest absolute Gasteiger partial charge is 0.122 e. The highest BCUT2D eigenvalue weighted by atomic mass is 35.5. The minimum Gasteiger partial charge on any atom is -0.393 e. The normalized spacial score (nSPS) is 60.5. The Bertz CT molecular complexity index is 693. The van der Waals surface area contributed by atoms with Gasteiger partial charge in [0.2, 0.25) is 0 Å². The molecule has 0 radical (unpaired) electrons. The fourth-order valence-corrected chi connectivity index (χ4v) is 10.4. The summed E-state index contributed by atoms with van der Waals surface area (Å²) in [6.45, 7) is 11.3. The molecule has 178 valence electrons. The summed E-state index contributed by atoms with van der Waals surface area (Å²) in [5, 5.41) is 14.2. The Labute approximate surface area is 196 Å². The topological polar surface area (TPSA) is 41.5 Å². The van der Waals surface area contributed by atoms with Crippen molar-refractivity contribution in [3.8, 4) is 0 Å². The summed E-state index contributed by atoms with van der Waals surface area (Å²) in [4.78, 5) is 0. The standard InChI is InChI=1S/C27H45NO2.ClH/c1-16-7-12-27(28-15-16)17(2)24-23(30-27)14-22-20-6-5-18-13-19(29)8-10-25(18,3)21(20)9-11-26(22,24)4;/h16-24,28-29H,5-15H2,1-4H3;1H/t16?,17-,18?,19-,20+,21?,22?,23-,24-,25-,26-,27-;/m0./s1. The van der Waals surface area contributed by atoms with E-state index >= 15 is 0 Å². The van der Waals surface area contributed by atoms with Crippen molar-refractivity contribution in [1.29, 1.82) is 0 Å². The minimum atomic E-state index is -0.0320. The van der Waals surface area contributed by atoms with Gasteiger partial charge in [-0.05, 0) is 111 Å². The molecule has 3 nitrogen and oxygen atoms in total. The van der Waals surface area contributed by atoms with E-state index in [1.807, 2.05) is 0 Å². The van der Waals surface area contributed by atoms with Crippen molar-refractivity contribution < 1.29 is 9.84 Å². The lowest BCUT2D eigenvalue weighted by molar-refractivity contribution is -0.140. The second kappa shape index (κ2) is 7.59. The van der Waals surface area contributed by atoms with Crippen molar-refractivity contribution in [3.63, 3.8) is 0 Å². The number of piperidine rings is 1. The molecule has 0 aromatic carbocycles. The third-order valence-corrected chi connectivity index (χ3v) is 12.1. The molecule has 4 aliphatic carbocycles. The molecule has 2 N–H and O–H groups in total. The van der Waals surface area contributed by atoms with Crippen LogP contribution in [0, 0.1) is 52.3 Å². The first-order valence-electron chi connectivity index (χ1n) is 13.4. The lowest BCUT2D eigenvalue weighted by atomic mass is 9.44. The molecule has 6 fully saturated rings. The largest absolute Gasteiger partial charge is 0.393 e. The van der Waals surface area contributed by atoms with Crippen LogP contribution in [0.1, 0.15) is 91.9 Å². The van der Waals surface area contributed by atoms with Gasteiger partial charge in [0.05, 0.1) is 12.2 Å². The minimum absolute atomic E-state index is 0. The number of rotatable bonds is 0. The molecule has 0 amide bonds. The number of aliphatic hydroxyl groups excluding tert-OH is 1. The highest BCUT2D eigenvalue weighted by Gasteiger charge is 2.68. The predicted molar refractivity (Wildman–Crippen MR) is 127 cm³/mol. The van der Waals surface area contributed by atoms with E-state index in [1.165, 1.54) is 51.4 Å². The van der Waals surface area contributed by atoms with Crippen LogP contribution in [0.4, 0.5) is 0 Å². The van der Waals surface area contributed by atoms with Crippen LogP contribution < -0.4 is 5.32 Å². The molecule has 31 heavy (non-hydrogen) atoms. The summed E-state index contributed by atoms with van der Waals surface area (Å²) in [5.74, 6) is 5.57. The molecule has 6 rings (SSSR count). The van der Waals surface area contributed by atoms with Crippen molar-refractivity contribution in [2.75, 3.05) is 6.54 Å². The molecule has 4 saturated carbocycles. The summed E-state index contributed by atoms with van der Waals surface area (Å²) < 4.78 is 7.01. The fraction of sp³-hybridized carbons (Fsp3) is 1.00.